The number of hydrogen-bond acceptors (Lipinski definition) is 6. The highest BCUT2D eigenvalue weighted by molar-refractivity contribution is 6.28. The number of nitrogens with zero attached hydrogens (tertiary/aromatic N) is 4. The van der Waals surface area contributed by atoms with E-state index in [1.807, 2.05) is 6.92 Å². The second kappa shape index (κ2) is 6.29. The first kappa shape index (κ1) is 13.5. The molecule has 0 bridgehead atoms. The van der Waals surface area contributed by atoms with E-state index in [2.05, 4.69) is 19.9 Å². The predicted molar refractivity (Wildman–Crippen MR) is 70.4 cm³/mol. The highest BCUT2D eigenvalue weighted by Gasteiger charge is 2.09. The first-order valence-corrected chi connectivity index (χ1v) is 6.14. The maximum Gasteiger partial charge on any atom is 0.321 e. The van der Waals surface area contributed by atoms with Crippen LogP contribution >= 0.6 is 11.6 Å². The van der Waals surface area contributed by atoms with Gasteiger partial charge in [0.15, 0.2) is 5.82 Å². The Morgan fingerprint density at radius 1 is 1.21 bits per heavy atom. The molecule has 0 N–H and O–H groups in total. The molecule has 0 unspecified atom stereocenters. The smallest absolute Gasteiger partial charge is 0.321 e. The Balaban J connectivity index is 2.34. The first-order valence-electron chi connectivity index (χ1n) is 5.76. The van der Waals surface area contributed by atoms with Crippen LogP contribution in [0.5, 0.6) is 11.8 Å². The van der Waals surface area contributed by atoms with Gasteiger partial charge in [-0.1, -0.05) is 6.92 Å². The molecule has 0 spiro atoms. The zero-order valence-corrected chi connectivity index (χ0v) is 11.4. The Labute approximate surface area is 115 Å². The van der Waals surface area contributed by atoms with Gasteiger partial charge in [-0.2, -0.15) is 15.0 Å². The third kappa shape index (κ3) is 3.51. The van der Waals surface area contributed by atoms with Crippen LogP contribution in [0.15, 0.2) is 18.5 Å². The monoisotopic (exact) mass is 280 g/mol. The van der Waals surface area contributed by atoms with Crippen LogP contribution in [0, 0.1) is 0 Å². The van der Waals surface area contributed by atoms with Crippen molar-refractivity contribution in [1.82, 2.24) is 19.9 Å². The molecule has 19 heavy (non-hydrogen) atoms. The summed E-state index contributed by atoms with van der Waals surface area (Å²) in [4.78, 5) is 16.2. The number of aromatic nitrogens is 4. The lowest BCUT2D eigenvalue weighted by Crippen LogP contribution is -2.03. The second-order valence-electron chi connectivity index (χ2n) is 3.67. The molecule has 0 radical (unpaired) electrons. The molecule has 100 valence electrons. The topological polar surface area (TPSA) is 70.0 Å². The van der Waals surface area contributed by atoms with E-state index in [1.165, 1.54) is 0 Å². The number of rotatable bonds is 5. The van der Waals surface area contributed by atoms with E-state index in [4.69, 9.17) is 21.1 Å². The van der Waals surface area contributed by atoms with E-state index in [0.717, 1.165) is 6.42 Å². The Morgan fingerprint density at radius 2 is 2.05 bits per heavy atom. The minimum absolute atomic E-state index is 0.0823. The van der Waals surface area contributed by atoms with Crippen molar-refractivity contribution < 1.29 is 9.47 Å². The summed E-state index contributed by atoms with van der Waals surface area (Å²) in [6, 6.07) is 1.97. The standard InChI is InChI=1S/C12H13ClN4O2/c1-3-4-19-12-16-10(15-11(13)17-12)8-5-9(18-2)7-14-6-8/h5-7H,3-4H2,1-2H3. The van der Waals surface area contributed by atoms with E-state index < -0.39 is 0 Å². The van der Waals surface area contributed by atoms with Gasteiger partial charge in [0.2, 0.25) is 5.28 Å². The molecule has 0 aliphatic carbocycles. The molecule has 0 atom stereocenters. The van der Waals surface area contributed by atoms with Crippen molar-refractivity contribution >= 4 is 11.6 Å². The quantitative estimate of drug-likeness (QED) is 0.837. The molecule has 0 saturated carbocycles. The maximum absolute atomic E-state index is 5.86. The van der Waals surface area contributed by atoms with Crippen LogP contribution in [0.4, 0.5) is 0 Å². The van der Waals surface area contributed by atoms with Gasteiger partial charge in [-0.3, -0.25) is 4.98 Å². The van der Waals surface area contributed by atoms with Crippen molar-refractivity contribution in [3.8, 4) is 23.1 Å². The molecular formula is C12H13ClN4O2. The van der Waals surface area contributed by atoms with Crippen molar-refractivity contribution in [3.05, 3.63) is 23.7 Å². The molecule has 0 aliphatic rings. The molecule has 0 fully saturated rings. The van der Waals surface area contributed by atoms with Gasteiger partial charge in [0.25, 0.3) is 0 Å². The highest BCUT2D eigenvalue weighted by atomic mass is 35.5. The number of pyridine rings is 1. The fourth-order valence-electron chi connectivity index (χ4n) is 1.37. The number of ether oxygens (including phenoxy) is 2. The van der Waals surface area contributed by atoms with E-state index in [1.54, 1.807) is 25.6 Å². The summed E-state index contributed by atoms with van der Waals surface area (Å²) >= 11 is 5.86. The zero-order chi connectivity index (χ0) is 13.7. The lowest BCUT2D eigenvalue weighted by atomic mass is 10.2. The third-order valence-electron chi connectivity index (χ3n) is 2.23. The van der Waals surface area contributed by atoms with Crippen molar-refractivity contribution in [3.63, 3.8) is 0 Å². The number of halogens is 1. The highest BCUT2D eigenvalue weighted by Crippen LogP contribution is 2.21. The minimum atomic E-state index is 0.0823. The molecule has 2 aromatic heterocycles. The molecule has 7 heteroatoms. The van der Waals surface area contributed by atoms with Crippen LogP contribution in [0.25, 0.3) is 11.4 Å². The van der Waals surface area contributed by atoms with Crippen LogP contribution < -0.4 is 9.47 Å². The summed E-state index contributed by atoms with van der Waals surface area (Å²) in [6.07, 6.45) is 4.08. The fourth-order valence-corrected chi connectivity index (χ4v) is 1.52. The van der Waals surface area contributed by atoms with Crippen molar-refractivity contribution in [1.29, 1.82) is 0 Å². The Kier molecular flexibility index (Phi) is 4.46. The van der Waals surface area contributed by atoms with Gasteiger partial charge in [0.05, 0.1) is 19.9 Å². The summed E-state index contributed by atoms with van der Waals surface area (Å²) in [5.41, 5.74) is 0.685. The largest absolute Gasteiger partial charge is 0.495 e. The second-order valence-corrected chi connectivity index (χ2v) is 4.01. The lowest BCUT2D eigenvalue weighted by Gasteiger charge is -2.06. The summed E-state index contributed by atoms with van der Waals surface area (Å²) < 4.78 is 10.5. The van der Waals surface area contributed by atoms with Gasteiger partial charge in [-0.25, -0.2) is 0 Å². The van der Waals surface area contributed by atoms with Gasteiger partial charge < -0.3 is 9.47 Å². The van der Waals surface area contributed by atoms with Crippen LogP contribution in [0.1, 0.15) is 13.3 Å². The summed E-state index contributed by atoms with van der Waals surface area (Å²) in [5.74, 6) is 1.02. The molecule has 0 amide bonds. The van der Waals surface area contributed by atoms with Crippen LogP contribution in [-0.2, 0) is 0 Å². The van der Waals surface area contributed by atoms with Gasteiger partial charge in [0, 0.05) is 11.8 Å². The number of methoxy groups -OCH3 is 1. The Morgan fingerprint density at radius 3 is 2.79 bits per heavy atom. The molecule has 0 aromatic carbocycles. The van der Waals surface area contributed by atoms with Gasteiger partial charge in [-0.15, -0.1) is 0 Å². The van der Waals surface area contributed by atoms with Crippen LogP contribution in [0.3, 0.4) is 0 Å². The molecular weight excluding hydrogens is 268 g/mol. The summed E-state index contributed by atoms with van der Waals surface area (Å²) in [5, 5.41) is 0.0823. The molecule has 0 aliphatic heterocycles. The molecule has 6 nitrogen and oxygen atoms in total. The zero-order valence-electron chi connectivity index (χ0n) is 10.6. The maximum atomic E-state index is 5.86. The number of hydrogen-bond donors (Lipinski definition) is 0. The molecule has 2 rings (SSSR count). The third-order valence-corrected chi connectivity index (χ3v) is 2.40. The van der Waals surface area contributed by atoms with E-state index in [-0.39, 0.29) is 11.3 Å². The predicted octanol–water partition coefficient (Wildman–Crippen LogP) is 2.38. The van der Waals surface area contributed by atoms with E-state index in [0.29, 0.717) is 23.7 Å². The Bertz CT molecular complexity index is 565. The Hall–Kier alpha value is -1.95. The average Bonchev–Trinajstić information content (AvgIpc) is 2.44. The molecule has 0 saturated heterocycles. The van der Waals surface area contributed by atoms with Crippen molar-refractivity contribution in [2.45, 2.75) is 13.3 Å². The van der Waals surface area contributed by atoms with Gasteiger partial charge >= 0.3 is 6.01 Å². The lowest BCUT2D eigenvalue weighted by molar-refractivity contribution is 0.291. The fraction of sp³-hybridized carbons (Fsp3) is 0.333. The van der Waals surface area contributed by atoms with Gasteiger partial charge in [0.1, 0.15) is 5.75 Å². The minimum Gasteiger partial charge on any atom is -0.495 e. The first-order chi connectivity index (χ1) is 9.22. The van der Waals surface area contributed by atoms with Crippen molar-refractivity contribution in [2.75, 3.05) is 13.7 Å². The van der Waals surface area contributed by atoms with Crippen molar-refractivity contribution in [2.24, 2.45) is 0 Å². The average molecular weight is 281 g/mol. The van der Waals surface area contributed by atoms with E-state index >= 15 is 0 Å². The summed E-state index contributed by atoms with van der Waals surface area (Å²) in [7, 11) is 1.57. The SMILES string of the molecule is CCCOc1nc(Cl)nc(-c2cncc(OC)c2)n1. The van der Waals surface area contributed by atoms with Crippen LogP contribution in [-0.4, -0.2) is 33.7 Å². The molecule has 2 heterocycles. The molecule has 2 aromatic rings. The summed E-state index contributed by atoms with van der Waals surface area (Å²) in [6.45, 7) is 2.52. The van der Waals surface area contributed by atoms with E-state index in [9.17, 15) is 0 Å². The van der Waals surface area contributed by atoms with Gasteiger partial charge in [-0.05, 0) is 24.1 Å². The van der Waals surface area contributed by atoms with Crippen LogP contribution in [0.2, 0.25) is 5.28 Å². The normalized spacial score (nSPS) is 10.3.